The number of carbonyl (C=O) groups is 1. The average Bonchev–Trinajstić information content (AvgIpc) is 3.36. The van der Waals surface area contributed by atoms with Crippen molar-refractivity contribution in [2.75, 3.05) is 43.1 Å². The van der Waals surface area contributed by atoms with Crippen LogP contribution in [0.1, 0.15) is 37.7 Å². The molecule has 10 nitrogen and oxygen atoms in total. The van der Waals surface area contributed by atoms with Crippen LogP contribution in [0.25, 0.3) is 11.4 Å². The summed E-state index contributed by atoms with van der Waals surface area (Å²) in [6.07, 6.45) is 2.78. The Morgan fingerprint density at radius 3 is 2.73 bits per heavy atom. The second-order valence-corrected chi connectivity index (χ2v) is 9.57. The van der Waals surface area contributed by atoms with Crippen molar-refractivity contribution in [1.82, 2.24) is 30.0 Å². The number of morpholine rings is 1. The number of benzene rings is 1. The number of nitrogens with one attached hydrogen (secondary N) is 2. The van der Waals surface area contributed by atoms with Crippen molar-refractivity contribution in [2.45, 2.75) is 52.9 Å². The second-order valence-electron chi connectivity index (χ2n) is 9.57. The van der Waals surface area contributed by atoms with Crippen molar-refractivity contribution in [1.29, 1.82) is 0 Å². The summed E-state index contributed by atoms with van der Waals surface area (Å²) in [6, 6.07) is 9.86. The number of hydrogen-bond donors (Lipinski definition) is 2. The minimum Gasteiger partial charge on any atom is -0.377 e. The van der Waals surface area contributed by atoms with Crippen LogP contribution in [0.4, 0.5) is 16.3 Å². The lowest BCUT2D eigenvalue weighted by Crippen LogP contribution is -2.45. The predicted molar refractivity (Wildman–Crippen MR) is 144 cm³/mol. The summed E-state index contributed by atoms with van der Waals surface area (Å²) in [6.45, 7) is 12.4. The normalized spacial score (nSPS) is 17.9. The molecule has 0 unspecified atom stereocenters. The van der Waals surface area contributed by atoms with E-state index in [9.17, 15) is 4.79 Å². The van der Waals surface area contributed by atoms with Gasteiger partial charge in [-0.3, -0.25) is 9.58 Å². The lowest BCUT2D eigenvalue weighted by atomic mass is 10.0. The van der Waals surface area contributed by atoms with E-state index >= 15 is 0 Å². The SMILES string of the molecule is CCNC(=O)Nc1ccc(-c2nc3c(c(N4CCOC[C@@H]4C)n2)CCN(Cc2ccnn2CC)C3)cc1. The number of anilines is 2. The second kappa shape index (κ2) is 11.3. The van der Waals surface area contributed by atoms with Crippen LogP contribution >= 0.6 is 0 Å². The van der Waals surface area contributed by atoms with Crippen molar-refractivity contribution < 1.29 is 9.53 Å². The Balaban J connectivity index is 1.45. The molecule has 0 aliphatic carbocycles. The minimum atomic E-state index is -0.214. The fourth-order valence-corrected chi connectivity index (χ4v) is 5.05. The van der Waals surface area contributed by atoms with Gasteiger partial charge in [-0.15, -0.1) is 0 Å². The van der Waals surface area contributed by atoms with Crippen molar-refractivity contribution >= 4 is 17.5 Å². The highest BCUT2D eigenvalue weighted by Crippen LogP contribution is 2.32. The first kappa shape index (κ1) is 25.2. The molecule has 0 radical (unpaired) electrons. The van der Waals surface area contributed by atoms with Crippen LogP contribution in [0.3, 0.4) is 0 Å². The Morgan fingerprint density at radius 2 is 1.97 bits per heavy atom. The molecule has 0 bridgehead atoms. The highest BCUT2D eigenvalue weighted by Gasteiger charge is 2.29. The van der Waals surface area contributed by atoms with E-state index in [1.54, 1.807) is 0 Å². The Hall–Kier alpha value is -3.50. The van der Waals surface area contributed by atoms with Gasteiger partial charge in [-0.1, -0.05) is 0 Å². The molecule has 3 aromatic rings. The molecule has 1 fully saturated rings. The number of hydrogen-bond acceptors (Lipinski definition) is 7. The van der Waals surface area contributed by atoms with E-state index in [0.29, 0.717) is 25.6 Å². The number of carbonyl (C=O) groups excluding carboxylic acids is 1. The van der Waals surface area contributed by atoms with E-state index in [1.807, 2.05) is 37.4 Å². The number of rotatable bonds is 7. The first-order chi connectivity index (χ1) is 18.1. The Labute approximate surface area is 218 Å². The summed E-state index contributed by atoms with van der Waals surface area (Å²) in [5.41, 5.74) is 5.20. The maximum Gasteiger partial charge on any atom is 0.319 e. The predicted octanol–water partition coefficient (Wildman–Crippen LogP) is 3.28. The van der Waals surface area contributed by atoms with Crippen LogP contribution in [0.15, 0.2) is 36.5 Å². The highest BCUT2D eigenvalue weighted by molar-refractivity contribution is 5.89. The zero-order chi connectivity index (χ0) is 25.8. The number of amides is 2. The molecule has 1 aromatic carbocycles. The number of nitrogens with zero attached hydrogens (tertiary/aromatic N) is 6. The first-order valence-electron chi connectivity index (χ1n) is 13.2. The smallest absolute Gasteiger partial charge is 0.319 e. The molecule has 10 heteroatoms. The zero-order valence-corrected chi connectivity index (χ0v) is 21.9. The average molecular weight is 505 g/mol. The van der Waals surface area contributed by atoms with Crippen LogP contribution in [0, 0.1) is 0 Å². The van der Waals surface area contributed by atoms with Crippen molar-refractivity contribution in [3.63, 3.8) is 0 Å². The van der Waals surface area contributed by atoms with E-state index in [1.165, 1.54) is 11.3 Å². The molecule has 5 rings (SSSR count). The third-order valence-corrected chi connectivity index (χ3v) is 6.99. The molecule has 4 heterocycles. The molecule has 196 valence electrons. The lowest BCUT2D eigenvalue weighted by molar-refractivity contribution is 0.0983. The van der Waals surface area contributed by atoms with Gasteiger partial charge in [0.15, 0.2) is 5.82 Å². The van der Waals surface area contributed by atoms with Gasteiger partial charge in [0.05, 0.1) is 30.6 Å². The largest absolute Gasteiger partial charge is 0.377 e. The maximum atomic E-state index is 11.9. The van der Waals surface area contributed by atoms with Crippen LogP contribution in [0.2, 0.25) is 0 Å². The number of aryl methyl sites for hydroxylation is 1. The summed E-state index contributed by atoms with van der Waals surface area (Å²) in [4.78, 5) is 26.9. The number of ether oxygens (including phenoxy) is 1. The number of aromatic nitrogens is 4. The van der Waals surface area contributed by atoms with Gasteiger partial charge in [-0.25, -0.2) is 14.8 Å². The van der Waals surface area contributed by atoms with Crippen molar-refractivity contribution in [3.8, 4) is 11.4 Å². The Bertz CT molecular complexity index is 1230. The maximum absolute atomic E-state index is 11.9. The summed E-state index contributed by atoms with van der Waals surface area (Å²) in [5, 5.41) is 10.0. The van der Waals surface area contributed by atoms with E-state index in [2.05, 4.69) is 50.1 Å². The lowest BCUT2D eigenvalue weighted by Gasteiger charge is -2.37. The van der Waals surface area contributed by atoms with E-state index in [-0.39, 0.29) is 12.1 Å². The van der Waals surface area contributed by atoms with Crippen LogP contribution in [-0.2, 0) is 30.8 Å². The third kappa shape index (κ3) is 5.60. The molecule has 2 amide bonds. The molecule has 37 heavy (non-hydrogen) atoms. The number of fused-ring (bicyclic) bond motifs is 1. The molecule has 2 aliphatic rings. The van der Waals surface area contributed by atoms with Crippen LogP contribution in [0.5, 0.6) is 0 Å². The summed E-state index contributed by atoms with van der Waals surface area (Å²) in [7, 11) is 0. The molecule has 2 N–H and O–H groups in total. The van der Waals surface area contributed by atoms with Crippen molar-refractivity contribution in [3.05, 3.63) is 53.5 Å². The summed E-state index contributed by atoms with van der Waals surface area (Å²) >= 11 is 0. The topological polar surface area (TPSA) is 100 Å². The molecular weight excluding hydrogens is 468 g/mol. The molecule has 0 saturated carbocycles. The fourth-order valence-electron chi connectivity index (χ4n) is 5.05. The first-order valence-corrected chi connectivity index (χ1v) is 13.2. The minimum absolute atomic E-state index is 0.214. The van der Waals surface area contributed by atoms with Gasteiger partial charge in [0.2, 0.25) is 0 Å². The molecular formula is C27H36N8O2. The van der Waals surface area contributed by atoms with Gasteiger partial charge < -0.3 is 20.3 Å². The van der Waals surface area contributed by atoms with Crippen molar-refractivity contribution in [2.24, 2.45) is 0 Å². The molecule has 2 aliphatic heterocycles. The molecule has 2 aromatic heterocycles. The standard InChI is InChI=1S/C27H36N8O2/c1-4-28-27(36)30-21-8-6-20(7-9-21)25-31-24-17-33(16-22-10-12-29-35(22)5-2)13-11-23(24)26(32-25)34-14-15-37-18-19(34)3/h6-10,12,19H,4-5,11,13-18H2,1-3H3,(H2,28,30,36)/t19-/m0/s1. The van der Waals surface area contributed by atoms with E-state index in [4.69, 9.17) is 14.7 Å². The molecule has 1 saturated heterocycles. The van der Waals surface area contributed by atoms with Gasteiger partial charge in [-0.05, 0) is 57.5 Å². The summed E-state index contributed by atoms with van der Waals surface area (Å²) < 4.78 is 7.76. The third-order valence-electron chi connectivity index (χ3n) is 6.99. The van der Waals surface area contributed by atoms with E-state index in [0.717, 1.165) is 61.9 Å². The van der Waals surface area contributed by atoms with Gasteiger partial charge in [0.25, 0.3) is 0 Å². The van der Waals surface area contributed by atoms with Gasteiger partial charge >= 0.3 is 6.03 Å². The molecule has 0 spiro atoms. The Morgan fingerprint density at radius 1 is 1.14 bits per heavy atom. The monoisotopic (exact) mass is 504 g/mol. The molecule has 1 atom stereocenters. The van der Waals surface area contributed by atoms with Gasteiger partial charge in [-0.2, -0.15) is 5.10 Å². The van der Waals surface area contributed by atoms with Gasteiger partial charge in [0.1, 0.15) is 5.82 Å². The van der Waals surface area contributed by atoms with Crippen LogP contribution in [-0.4, -0.2) is 69.6 Å². The summed E-state index contributed by atoms with van der Waals surface area (Å²) in [5.74, 6) is 1.73. The highest BCUT2D eigenvalue weighted by atomic mass is 16.5. The quantitative estimate of drug-likeness (QED) is 0.509. The van der Waals surface area contributed by atoms with Gasteiger partial charge in [0, 0.05) is 62.3 Å². The zero-order valence-electron chi connectivity index (χ0n) is 21.9. The fraction of sp³-hybridized carbons (Fsp3) is 0.481. The Kier molecular flexibility index (Phi) is 7.66. The van der Waals surface area contributed by atoms with E-state index < -0.39 is 0 Å². The number of urea groups is 1. The van der Waals surface area contributed by atoms with Crippen LogP contribution < -0.4 is 15.5 Å².